The van der Waals surface area contributed by atoms with E-state index in [4.69, 9.17) is 9.47 Å². The maximum atomic E-state index is 13.0. The lowest BCUT2D eigenvalue weighted by molar-refractivity contribution is -0.140. The number of carbonyl (C=O) groups is 2. The summed E-state index contributed by atoms with van der Waals surface area (Å²) in [5.41, 5.74) is 3.17. The number of ether oxygens (including phenoxy) is 2. The molecule has 0 saturated carbocycles. The molecule has 32 heavy (non-hydrogen) atoms. The molecule has 1 amide bonds. The fourth-order valence-electron chi connectivity index (χ4n) is 3.86. The molecule has 1 aliphatic rings. The molecule has 1 saturated heterocycles. The van der Waals surface area contributed by atoms with Gasteiger partial charge in [0.2, 0.25) is 0 Å². The van der Waals surface area contributed by atoms with Gasteiger partial charge in [-0.1, -0.05) is 43.2 Å². The van der Waals surface area contributed by atoms with Crippen LogP contribution in [-0.4, -0.2) is 48.6 Å². The average molecular weight is 438 g/mol. The van der Waals surface area contributed by atoms with Gasteiger partial charge in [-0.15, -0.1) is 0 Å². The van der Waals surface area contributed by atoms with Crippen LogP contribution in [0.4, 0.5) is 0 Å². The summed E-state index contributed by atoms with van der Waals surface area (Å²) < 4.78 is 10.9. The van der Waals surface area contributed by atoms with E-state index in [1.165, 1.54) is 4.90 Å². The fourth-order valence-corrected chi connectivity index (χ4v) is 3.86. The molecular formula is C26H31NO5. The zero-order valence-electron chi connectivity index (χ0n) is 19.2. The van der Waals surface area contributed by atoms with Gasteiger partial charge in [0.15, 0.2) is 0 Å². The van der Waals surface area contributed by atoms with Gasteiger partial charge in [-0.2, -0.15) is 0 Å². The second-order valence-corrected chi connectivity index (χ2v) is 8.07. The summed E-state index contributed by atoms with van der Waals surface area (Å²) in [5.74, 6) is -0.752. The first kappa shape index (κ1) is 23.5. The van der Waals surface area contributed by atoms with Crippen LogP contribution < -0.4 is 4.74 Å². The molecule has 0 aliphatic carbocycles. The third kappa shape index (κ3) is 4.86. The van der Waals surface area contributed by atoms with Crippen LogP contribution in [0.2, 0.25) is 0 Å². The number of likely N-dealkylation sites (tertiary alicyclic amines) is 1. The maximum Gasteiger partial charge on any atom is 0.295 e. The molecule has 0 bridgehead atoms. The van der Waals surface area contributed by atoms with Crippen molar-refractivity contribution < 1.29 is 24.2 Å². The number of amides is 1. The van der Waals surface area contributed by atoms with Gasteiger partial charge in [0.25, 0.3) is 11.7 Å². The third-order valence-corrected chi connectivity index (χ3v) is 5.69. The van der Waals surface area contributed by atoms with Crippen LogP contribution in [0.5, 0.6) is 5.75 Å². The SMILES string of the molecule is CCCCOc1ccc(C2/C(=C(\O)c3cc(C)ccc3C)C(=O)C(=O)N2CCOC)cc1. The number of ketones is 1. The number of aliphatic hydroxyl groups is 1. The first-order valence-corrected chi connectivity index (χ1v) is 11.0. The predicted octanol–water partition coefficient (Wildman–Crippen LogP) is 4.55. The summed E-state index contributed by atoms with van der Waals surface area (Å²) in [6.07, 6.45) is 2.01. The molecule has 0 spiro atoms. The Hall–Kier alpha value is -3.12. The molecule has 1 aliphatic heterocycles. The first-order valence-electron chi connectivity index (χ1n) is 11.0. The highest BCUT2D eigenvalue weighted by Crippen LogP contribution is 2.40. The molecule has 1 N–H and O–H groups in total. The summed E-state index contributed by atoms with van der Waals surface area (Å²) in [6.45, 7) is 7.05. The van der Waals surface area contributed by atoms with Gasteiger partial charge in [0.1, 0.15) is 11.5 Å². The lowest BCUT2D eigenvalue weighted by Crippen LogP contribution is -2.32. The van der Waals surface area contributed by atoms with Crippen molar-refractivity contribution in [2.45, 2.75) is 39.7 Å². The summed E-state index contributed by atoms with van der Waals surface area (Å²) in [5, 5.41) is 11.2. The fraction of sp³-hybridized carbons (Fsp3) is 0.385. The molecule has 2 aromatic carbocycles. The van der Waals surface area contributed by atoms with Crippen LogP contribution in [0.25, 0.3) is 5.76 Å². The molecule has 0 radical (unpaired) electrons. The van der Waals surface area contributed by atoms with Gasteiger partial charge in [0, 0.05) is 19.2 Å². The molecule has 2 aromatic rings. The van der Waals surface area contributed by atoms with Crippen molar-refractivity contribution in [1.29, 1.82) is 0 Å². The molecule has 6 heteroatoms. The molecule has 1 heterocycles. The van der Waals surface area contributed by atoms with Gasteiger partial charge in [0.05, 0.1) is 24.8 Å². The average Bonchev–Trinajstić information content (AvgIpc) is 3.04. The summed E-state index contributed by atoms with van der Waals surface area (Å²) >= 11 is 0. The molecule has 1 atom stereocenters. The molecule has 170 valence electrons. The summed E-state index contributed by atoms with van der Waals surface area (Å²) in [7, 11) is 1.55. The summed E-state index contributed by atoms with van der Waals surface area (Å²) in [4.78, 5) is 27.4. The molecule has 0 aromatic heterocycles. The number of hydrogen-bond donors (Lipinski definition) is 1. The Bertz CT molecular complexity index is 1010. The summed E-state index contributed by atoms with van der Waals surface area (Å²) in [6, 6.07) is 12.3. The quantitative estimate of drug-likeness (QED) is 0.270. The van der Waals surface area contributed by atoms with Gasteiger partial charge in [-0.25, -0.2) is 0 Å². The normalized spacial score (nSPS) is 17.8. The Morgan fingerprint density at radius 2 is 1.78 bits per heavy atom. The van der Waals surface area contributed by atoms with Gasteiger partial charge >= 0.3 is 0 Å². The van der Waals surface area contributed by atoms with Crippen LogP contribution >= 0.6 is 0 Å². The van der Waals surface area contributed by atoms with Crippen LogP contribution in [-0.2, 0) is 14.3 Å². The van der Waals surface area contributed by atoms with Gasteiger partial charge in [-0.3, -0.25) is 9.59 Å². The zero-order valence-corrected chi connectivity index (χ0v) is 19.2. The van der Waals surface area contributed by atoms with Gasteiger partial charge in [-0.05, 0) is 49.6 Å². The number of Topliss-reactive ketones (excluding diaryl/α,β-unsaturated/α-hetero) is 1. The van der Waals surface area contributed by atoms with Crippen molar-refractivity contribution in [2.75, 3.05) is 26.9 Å². The Morgan fingerprint density at radius 1 is 1.06 bits per heavy atom. The topological polar surface area (TPSA) is 76.1 Å². The first-order chi connectivity index (χ1) is 15.4. The Kier molecular flexibility index (Phi) is 7.70. The maximum absolute atomic E-state index is 13.0. The van der Waals surface area contributed by atoms with E-state index >= 15 is 0 Å². The lowest BCUT2D eigenvalue weighted by atomic mass is 9.93. The zero-order chi connectivity index (χ0) is 23.3. The third-order valence-electron chi connectivity index (χ3n) is 5.69. The monoisotopic (exact) mass is 437 g/mol. The van der Waals surface area contributed by atoms with E-state index in [1.807, 2.05) is 56.3 Å². The van der Waals surface area contributed by atoms with Crippen molar-refractivity contribution in [3.05, 3.63) is 70.3 Å². The number of unbranched alkanes of at least 4 members (excludes halogenated alkanes) is 1. The van der Waals surface area contributed by atoms with Gasteiger partial charge < -0.3 is 19.5 Å². The smallest absolute Gasteiger partial charge is 0.295 e. The minimum atomic E-state index is -0.699. The van der Waals surface area contributed by atoms with E-state index in [2.05, 4.69) is 6.92 Å². The number of hydrogen-bond acceptors (Lipinski definition) is 5. The van der Waals surface area contributed by atoms with E-state index in [9.17, 15) is 14.7 Å². The van der Waals surface area contributed by atoms with Crippen LogP contribution in [0.15, 0.2) is 48.0 Å². The van der Waals surface area contributed by atoms with E-state index in [0.29, 0.717) is 12.2 Å². The second kappa shape index (κ2) is 10.5. The number of carbonyl (C=O) groups excluding carboxylic acids is 2. The molecule has 1 unspecified atom stereocenters. The minimum absolute atomic E-state index is 0.0967. The molecule has 1 fully saturated rings. The highest BCUT2D eigenvalue weighted by atomic mass is 16.5. The lowest BCUT2D eigenvalue weighted by Gasteiger charge is -2.25. The van der Waals surface area contributed by atoms with E-state index in [1.54, 1.807) is 7.11 Å². The van der Waals surface area contributed by atoms with E-state index in [0.717, 1.165) is 35.3 Å². The van der Waals surface area contributed by atoms with Crippen molar-refractivity contribution in [3.8, 4) is 5.75 Å². The predicted molar refractivity (Wildman–Crippen MR) is 124 cm³/mol. The number of methoxy groups -OCH3 is 1. The number of nitrogens with zero attached hydrogens (tertiary/aromatic N) is 1. The molecular weight excluding hydrogens is 406 g/mol. The standard InChI is InChI=1S/C26H31NO5/c1-5-6-14-32-20-11-9-19(10-12-20)23-22(25(29)26(30)27(23)13-15-31-4)24(28)21-16-17(2)7-8-18(21)3/h7-12,16,23,28H,5-6,13-15H2,1-4H3/b24-22+. The highest BCUT2D eigenvalue weighted by Gasteiger charge is 2.46. The van der Waals surface area contributed by atoms with E-state index in [-0.39, 0.29) is 24.5 Å². The molecule has 6 nitrogen and oxygen atoms in total. The van der Waals surface area contributed by atoms with Crippen molar-refractivity contribution in [3.63, 3.8) is 0 Å². The minimum Gasteiger partial charge on any atom is -0.507 e. The molecule has 3 rings (SSSR count). The van der Waals surface area contributed by atoms with Crippen molar-refractivity contribution in [1.82, 2.24) is 4.90 Å². The number of rotatable bonds is 9. The van der Waals surface area contributed by atoms with Crippen molar-refractivity contribution >= 4 is 17.4 Å². The van der Waals surface area contributed by atoms with Crippen LogP contribution in [0.3, 0.4) is 0 Å². The van der Waals surface area contributed by atoms with Crippen LogP contribution in [0.1, 0.15) is 48.1 Å². The number of aryl methyl sites for hydroxylation is 2. The van der Waals surface area contributed by atoms with E-state index < -0.39 is 17.7 Å². The Morgan fingerprint density at radius 3 is 2.44 bits per heavy atom. The Labute approximate surface area is 189 Å². The van der Waals surface area contributed by atoms with Crippen molar-refractivity contribution in [2.24, 2.45) is 0 Å². The van der Waals surface area contributed by atoms with Crippen LogP contribution in [0, 0.1) is 13.8 Å². The number of benzene rings is 2. The largest absolute Gasteiger partial charge is 0.507 e. The number of aliphatic hydroxyl groups excluding tert-OH is 1. The second-order valence-electron chi connectivity index (χ2n) is 8.07. The highest BCUT2D eigenvalue weighted by molar-refractivity contribution is 6.46. The Balaban J connectivity index is 2.07.